The second-order valence-electron chi connectivity index (χ2n) is 3.07. The molecule has 0 aromatic carbocycles. The predicted molar refractivity (Wildman–Crippen MR) is 61.4 cm³/mol. The summed E-state index contributed by atoms with van der Waals surface area (Å²) < 4.78 is 6.14. The summed E-state index contributed by atoms with van der Waals surface area (Å²) in [6, 6.07) is 6.07. The van der Waals surface area contributed by atoms with Gasteiger partial charge in [-0.1, -0.05) is 0 Å². The summed E-state index contributed by atoms with van der Waals surface area (Å²) in [4.78, 5) is 1.28. The molecule has 0 aliphatic carbocycles. The number of hydrogen-bond acceptors (Lipinski definition) is 3. The third-order valence-corrected chi connectivity index (χ3v) is 3.67. The van der Waals surface area contributed by atoms with E-state index < -0.39 is 0 Å². The zero-order chi connectivity index (χ0) is 9.97. The Morgan fingerprint density at radius 1 is 1.43 bits per heavy atom. The molecule has 2 aromatic rings. The molecule has 2 aromatic heterocycles. The number of thiophene rings is 1. The second kappa shape index (κ2) is 4.29. The maximum Gasteiger partial charge on any atom is 0.0950 e. The Kier molecular flexibility index (Phi) is 3.05. The molecule has 2 heterocycles. The summed E-state index contributed by atoms with van der Waals surface area (Å²) in [6.45, 7) is 0. The maximum atomic E-state index is 6.01. The molecule has 1 atom stereocenters. The first kappa shape index (κ1) is 9.96. The average Bonchev–Trinajstić information content (AvgIpc) is 2.75. The molecule has 0 amide bonds. The van der Waals surface area contributed by atoms with Crippen LogP contribution in [0.15, 0.2) is 38.9 Å². The fourth-order valence-corrected chi connectivity index (χ4v) is 2.82. The lowest BCUT2D eigenvalue weighted by molar-refractivity contribution is 0.558. The Labute approximate surface area is 94.9 Å². The van der Waals surface area contributed by atoms with Gasteiger partial charge in [-0.3, -0.25) is 0 Å². The molecule has 0 radical (unpaired) electrons. The topological polar surface area (TPSA) is 39.2 Å². The highest BCUT2D eigenvalue weighted by molar-refractivity contribution is 9.11. The van der Waals surface area contributed by atoms with Crippen molar-refractivity contribution in [3.05, 3.63) is 45.0 Å². The van der Waals surface area contributed by atoms with Gasteiger partial charge in [0.2, 0.25) is 0 Å². The van der Waals surface area contributed by atoms with Crippen molar-refractivity contribution in [2.45, 2.75) is 12.5 Å². The molecule has 0 spiro atoms. The van der Waals surface area contributed by atoms with Gasteiger partial charge in [0, 0.05) is 22.9 Å². The highest BCUT2D eigenvalue weighted by Gasteiger charge is 2.09. The number of hydrogen-bond donors (Lipinski definition) is 1. The monoisotopic (exact) mass is 271 g/mol. The van der Waals surface area contributed by atoms with Crippen LogP contribution in [0.1, 0.15) is 16.5 Å². The normalized spacial score (nSPS) is 13.0. The quantitative estimate of drug-likeness (QED) is 0.930. The van der Waals surface area contributed by atoms with Crippen LogP contribution >= 0.6 is 27.3 Å². The lowest BCUT2D eigenvalue weighted by Gasteiger charge is -2.06. The molecule has 2 N–H and O–H groups in total. The van der Waals surface area contributed by atoms with Crippen molar-refractivity contribution in [3.8, 4) is 0 Å². The molecule has 0 saturated heterocycles. The van der Waals surface area contributed by atoms with Gasteiger partial charge >= 0.3 is 0 Å². The summed E-state index contributed by atoms with van der Waals surface area (Å²) in [5.74, 6) is 0. The lowest BCUT2D eigenvalue weighted by Crippen LogP contribution is -2.11. The summed E-state index contributed by atoms with van der Waals surface area (Å²) in [5, 5.41) is 0. The van der Waals surface area contributed by atoms with Crippen LogP contribution in [0.5, 0.6) is 0 Å². The molecule has 0 aliphatic heterocycles. The van der Waals surface area contributed by atoms with Crippen LogP contribution in [0.2, 0.25) is 0 Å². The molecule has 0 aliphatic rings. The van der Waals surface area contributed by atoms with E-state index in [1.807, 2.05) is 12.1 Å². The summed E-state index contributed by atoms with van der Waals surface area (Å²) in [5.41, 5.74) is 7.06. The first-order chi connectivity index (χ1) is 6.75. The predicted octanol–water partition coefficient (Wildman–Crippen LogP) is 3.35. The Balaban J connectivity index is 2.05. The molecule has 0 saturated carbocycles. The van der Waals surface area contributed by atoms with Crippen LogP contribution in [0.4, 0.5) is 0 Å². The Morgan fingerprint density at radius 2 is 2.29 bits per heavy atom. The number of halogens is 1. The van der Waals surface area contributed by atoms with E-state index in [2.05, 4.69) is 22.0 Å². The third-order valence-electron chi connectivity index (χ3n) is 2.02. The zero-order valence-electron chi connectivity index (χ0n) is 7.44. The minimum absolute atomic E-state index is 0.0271. The van der Waals surface area contributed by atoms with E-state index in [4.69, 9.17) is 10.2 Å². The van der Waals surface area contributed by atoms with Gasteiger partial charge in [0.05, 0.1) is 16.3 Å². The van der Waals surface area contributed by atoms with Crippen molar-refractivity contribution < 1.29 is 4.42 Å². The van der Waals surface area contributed by atoms with E-state index in [1.54, 1.807) is 23.9 Å². The zero-order valence-corrected chi connectivity index (χ0v) is 9.85. The Bertz CT molecular complexity index is 396. The van der Waals surface area contributed by atoms with Crippen LogP contribution in [-0.4, -0.2) is 0 Å². The Hall–Kier alpha value is -0.580. The fourth-order valence-electron chi connectivity index (χ4n) is 1.28. The molecule has 74 valence electrons. The van der Waals surface area contributed by atoms with Gasteiger partial charge in [-0.15, -0.1) is 11.3 Å². The van der Waals surface area contributed by atoms with E-state index in [0.717, 1.165) is 15.8 Å². The molecule has 0 fully saturated rings. The fraction of sp³-hybridized carbons (Fsp3) is 0.200. The first-order valence-electron chi connectivity index (χ1n) is 4.27. The first-order valence-corrected chi connectivity index (χ1v) is 5.88. The largest absolute Gasteiger partial charge is 0.472 e. The van der Waals surface area contributed by atoms with Gasteiger partial charge in [0.15, 0.2) is 0 Å². The standard InChI is InChI=1S/C10H10BrNOS/c11-10-2-1-8(14-10)5-9(12)7-3-4-13-6-7/h1-4,6,9H,5,12H2. The highest BCUT2D eigenvalue weighted by atomic mass is 79.9. The van der Waals surface area contributed by atoms with Gasteiger partial charge in [-0.05, 0) is 34.1 Å². The number of rotatable bonds is 3. The molecular formula is C10H10BrNOS. The molecule has 2 nitrogen and oxygen atoms in total. The van der Waals surface area contributed by atoms with Gasteiger partial charge in [0.1, 0.15) is 0 Å². The highest BCUT2D eigenvalue weighted by Crippen LogP contribution is 2.25. The van der Waals surface area contributed by atoms with Crippen LogP contribution in [0.25, 0.3) is 0 Å². The van der Waals surface area contributed by atoms with Crippen molar-refractivity contribution in [1.82, 2.24) is 0 Å². The Morgan fingerprint density at radius 3 is 2.86 bits per heavy atom. The van der Waals surface area contributed by atoms with Crippen molar-refractivity contribution in [2.24, 2.45) is 5.73 Å². The van der Waals surface area contributed by atoms with Gasteiger partial charge in [-0.2, -0.15) is 0 Å². The summed E-state index contributed by atoms with van der Waals surface area (Å²) >= 11 is 5.15. The SMILES string of the molecule is NC(Cc1ccc(Br)s1)c1ccoc1. The molecule has 14 heavy (non-hydrogen) atoms. The van der Waals surface area contributed by atoms with Gasteiger partial charge < -0.3 is 10.2 Å². The van der Waals surface area contributed by atoms with Gasteiger partial charge in [0.25, 0.3) is 0 Å². The summed E-state index contributed by atoms with van der Waals surface area (Å²) in [6.07, 6.45) is 4.21. The van der Waals surface area contributed by atoms with Crippen molar-refractivity contribution in [3.63, 3.8) is 0 Å². The van der Waals surface area contributed by atoms with Crippen LogP contribution in [0.3, 0.4) is 0 Å². The van der Waals surface area contributed by atoms with Crippen molar-refractivity contribution >= 4 is 27.3 Å². The molecule has 1 unspecified atom stereocenters. The molecule has 4 heteroatoms. The second-order valence-corrected chi connectivity index (χ2v) is 5.62. The maximum absolute atomic E-state index is 6.01. The van der Waals surface area contributed by atoms with E-state index in [0.29, 0.717) is 0 Å². The van der Waals surface area contributed by atoms with Crippen LogP contribution < -0.4 is 5.73 Å². The van der Waals surface area contributed by atoms with Gasteiger partial charge in [-0.25, -0.2) is 0 Å². The molecular weight excluding hydrogens is 262 g/mol. The van der Waals surface area contributed by atoms with Crippen LogP contribution in [0, 0.1) is 0 Å². The lowest BCUT2D eigenvalue weighted by atomic mass is 10.1. The number of furan rings is 1. The summed E-state index contributed by atoms with van der Waals surface area (Å²) in [7, 11) is 0. The smallest absolute Gasteiger partial charge is 0.0950 e. The van der Waals surface area contributed by atoms with E-state index in [9.17, 15) is 0 Å². The average molecular weight is 272 g/mol. The molecule has 2 rings (SSSR count). The minimum atomic E-state index is 0.0271. The molecule has 0 bridgehead atoms. The van der Waals surface area contributed by atoms with Crippen LogP contribution in [-0.2, 0) is 6.42 Å². The van der Waals surface area contributed by atoms with Crippen molar-refractivity contribution in [1.29, 1.82) is 0 Å². The van der Waals surface area contributed by atoms with E-state index in [-0.39, 0.29) is 6.04 Å². The minimum Gasteiger partial charge on any atom is -0.472 e. The third kappa shape index (κ3) is 2.26. The van der Waals surface area contributed by atoms with E-state index >= 15 is 0 Å². The van der Waals surface area contributed by atoms with Crippen molar-refractivity contribution in [2.75, 3.05) is 0 Å². The van der Waals surface area contributed by atoms with E-state index in [1.165, 1.54) is 4.88 Å². The number of nitrogens with two attached hydrogens (primary N) is 1.